The number of carbonyl (C=O) groups excluding carboxylic acids is 2. The number of para-hydroxylation sites is 3. The van der Waals surface area contributed by atoms with Gasteiger partial charge in [0, 0.05) is 5.69 Å². The Labute approximate surface area is 188 Å². The highest BCUT2D eigenvalue weighted by atomic mass is 16.2. The minimum absolute atomic E-state index is 0.0659. The molecule has 1 aliphatic rings. The lowest BCUT2D eigenvalue weighted by Crippen LogP contribution is -2.38. The number of nitrogens with one attached hydrogen (secondary N) is 1. The lowest BCUT2D eigenvalue weighted by atomic mass is 9.99. The molecule has 0 aliphatic carbocycles. The van der Waals surface area contributed by atoms with Gasteiger partial charge in [-0.3, -0.25) is 14.6 Å². The molecule has 0 atom stereocenters. The van der Waals surface area contributed by atoms with Crippen molar-refractivity contribution in [1.82, 2.24) is 0 Å². The summed E-state index contributed by atoms with van der Waals surface area (Å²) in [5, 5.41) is 2.97. The van der Waals surface area contributed by atoms with Crippen LogP contribution in [0, 0.1) is 13.8 Å². The quantitative estimate of drug-likeness (QED) is 0.598. The Balaban J connectivity index is 1.63. The minimum Gasteiger partial charge on any atom is -0.324 e. The standard InChI is InChI=1S/C27H27N3O2/c1-4-20-9-5-6-10-22(20)29-26(31)17-30-25-12-8-7-11-23(25)28-24(16-27(30)32)21-14-13-18(2)15-19(21)3/h5-15H,4,16-17H2,1-3H3,(H,29,31). The Kier molecular flexibility index (Phi) is 6.17. The second kappa shape index (κ2) is 9.18. The molecule has 5 heteroatoms. The van der Waals surface area contributed by atoms with Crippen LogP contribution in [0.5, 0.6) is 0 Å². The number of hydrogen-bond acceptors (Lipinski definition) is 3. The number of amides is 2. The Bertz CT molecular complexity index is 1210. The maximum atomic E-state index is 13.3. The van der Waals surface area contributed by atoms with Gasteiger partial charge in [0.05, 0.1) is 23.5 Å². The molecule has 0 saturated carbocycles. The van der Waals surface area contributed by atoms with Crippen LogP contribution in [0.15, 0.2) is 71.7 Å². The highest BCUT2D eigenvalue weighted by Gasteiger charge is 2.27. The third-order valence-corrected chi connectivity index (χ3v) is 5.71. The van der Waals surface area contributed by atoms with Crippen molar-refractivity contribution in [2.24, 2.45) is 4.99 Å². The maximum absolute atomic E-state index is 13.3. The second-order valence-corrected chi connectivity index (χ2v) is 8.08. The summed E-state index contributed by atoms with van der Waals surface area (Å²) in [5.74, 6) is -0.378. The topological polar surface area (TPSA) is 61.8 Å². The van der Waals surface area contributed by atoms with Gasteiger partial charge in [-0.25, -0.2) is 0 Å². The van der Waals surface area contributed by atoms with E-state index in [2.05, 4.69) is 11.4 Å². The van der Waals surface area contributed by atoms with Crippen LogP contribution in [-0.4, -0.2) is 24.1 Å². The molecule has 0 fully saturated rings. The fourth-order valence-electron chi connectivity index (χ4n) is 4.09. The predicted octanol–water partition coefficient (Wildman–Crippen LogP) is 5.36. The number of hydrogen-bond donors (Lipinski definition) is 1. The first kappa shape index (κ1) is 21.5. The van der Waals surface area contributed by atoms with Crippen LogP contribution in [0.25, 0.3) is 0 Å². The van der Waals surface area contributed by atoms with Crippen molar-refractivity contribution in [3.8, 4) is 0 Å². The molecule has 0 spiro atoms. The third kappa shape index (κ3) is 4.47. The molecule has 0 saturated heterocycles. The number of benzene rings is 3. The molecule has 2 amide bonds. The molecule has 5 nitrogen and oxygen atoms in total. The van der Waals surface area contributed by atoms with Crippen LogP contribution >= 0.6 is 0 Å². The van der Waals surface area contributed by atoms with Gasteiger partial charge in [-0.2, -0.15) is 0 Å². The zero-order valence-electron chi connectivity index (χ0n) is 18.7. The van der Waals surface area contributed by atoms with Gasteiger partial charge in [-0.1, -0.05) is 61.0 Å². The molecule has 0 radical (unpaired) electrons. The molecule has 0 unspecified atom stereocenters. The number of carbonyl (C=O) groups is 2. The molecule has 162 valence electrons. The SMILES string of the molecule is CCc1ccccc1NC(=O)CN1C(=O)CC(c2ccc(C)cc2C)=Nc2ccccc21. The molecule has 1 N–H and O–H groups in total. The molecule has 1 heterocycles. The number of aryl methyl sites for hydroxylation is 3. The lowest BCUT2D eigenvalue weighted by molar-refractivity contribution is -0.120. The number of anilines is 2. The molecule has 0 aromatic heterocycles. The number of nitrogens with zero attached hydrogens (tertiary/aromatic N) is 2. The normalized spacial score (nSPS) is 13.3. The zero-order valence-corrected chi connectivity index (χ0v) is 18.7. The van der Waals surface area contributed by atoms with E-state index in [1.54, 1.807) is 4.90 Å². The molecular weight excluding hydrogens is 398 g/mol. The maximum Gasteiger partial charge on any atom is 0.244 e. The highest BCUT2D eigenvalue weighted by Crippen LogP contribution is 2.33. The number of fused-ring (bicyclic) bond motifs is 1. The van der Waals surface area contributed by atoms with Gasteiger partial charge in [0.2, 0.25) is 11.8 Å². The smallest absolute Gasteiger partial charge is 0.244 e. The highest BCUT2D eigenvalue weighted by molar-refractivity contribution is 6.19. The first-order valence-corrected chi connectivity index (χ1v) is 10.9. The average molecular weight is 426 g/mol. The summed E-state index contributed by atoms with van der Waals surface area (Å²) in [6.07, 6.45) is 0.951. The van der Waals surface area contributed by atoms with Gasteiger partial charge in [-0.15, -0.1) is 0 Å². The summed E-state index contributed by atoms with van der Waals surface area (Å²) in [7, 11) is 0. The van der Waals surface area contributed by atoms with Gasteiger partial charge < -0.3 is 10.2 Å². The Morgan fingerprint density at radius 2 is 1.78 bits per heavy atom. The monoisotopic (exact) mass is 425 g/mol. The molecular formula is C27H27N3O2. The van der Waals surface area contributed by atoms with E-state index in [1.807, 2.05) is 81.4 Å². The lowest BCUT2D eigenvalue weighted by Gasteiger charge is -2.22. The summed E-state index contributed by atoms with van der Waals surface area (Å²) in [6, 6.07) is 21.3. The predicted molar refractivity (Wildman–Crippen MR) is 130 cm³/mol. The zero-order chi connectivity index (χ0) is 22.7. The fraction of sp³-hybridized carbons (Fsp3) is 0.222. The van der Waals surface area contributed by atoms with Crippen LogP contribution < -0.4 is 10.2 Å². The van der Waals surface area contributed by atoms with Crippen molar-refractivity contribution in [2.45, 2.75) is 33.6 Å². The van der Waals surface area contributed by atoms with E-state index in [0.29, 0.717) is 11.4 Å². The molecule has 3 aromatic carbocycles. The van der Waals surface area contributed by atoms with E-state index < -0.39 is 0 Å². The molecule has 32 heavy (non-hydrogen) atoms. The van der Waals surface area contributed by atoms with Crippen molar-refractivity contribution in [3.63, 3.8) is 0 Å². The van der Waals surface area contributed by atoms with E-state index in [4.69, 9.17) is 4.99 Å². The average Bonchev–Trinajstić information content (AvgIpc) is 2.90. The van der Waals surface area contributed by atoms with Gasteiger partial charge in [0.15, 0.2) is 0 Å². The van der Waals surface area contributed by atoms with E-state index >= 15 is 0 Å². The number of rotatable bonds is 5. The van der Waals surface area contributed by atoms with E-state index in [1.165, 1.54) is 0 Å². The Morgan fingerprint density at radius 3 is 2.56 bits per heavy atom. The van der Waals surface area contributed by atoms with Crippen molar-refractivity contribution in [2.75, 3.05) is 16.8 Å². The van der Waals surface area contributed by atoms with Gasteiger partial charge in [-0.05, 0) is 55.2 Å². The van der Waals surface area contributed by atoms with Crippen LogP contribution in [-0.2, 0) is 16.0 Å². The summed E-state index contributed by atoms with van der Waals surface area (Å²) >= 11 is 0. The summed E-state index contributed by atoms with van der Waals surface area (Å²) in [6.45, 7) is 6.06. The number of aliphatic imine (C=N–C) groups is 1. The van der Waals surface area contributed by atoms with Crippen LogP contribution in [0.4, 0.5) is 17.1 Å². The third-order valence-electron chi connectivity index (χ3n) is 5.71. The van der Waals surface area contributed by atoms with Crippen molar-refractivity contribution in [3.05, 3.63) is 89.0 Å². The Morgan fingerprint density at radius 1 is 1.03 bits per heavy atom. The summed E-state index contributed by atoms with van der Waals surface area (Å²) < 4.78 is 0. The molecule has 1 aliphatic heterocycles. The first-order valence-electron chi connectivity index (χ1n) is 10.9. The van der Waals surface area contributed by atoms with Gasteiger partial charge >= 0.3 is 0 Å². The van der Waals surface area contributed by atoms with E-state index in [0.717, 1.165) is 40.1 Å². The van der Waals surface area contributed by atoms with Crippen molar-refractivity contribution in [1.29, 1.82) is 0 Å². The molecule has 0 bridgehead atoms. The minimum atomic E-state index is -0.232. The first-order chi connectivity index (χ1) is 15.5. The van der Waals surface area contributed by atoms with Crippen LogP contribution in [0.1, 0.15) is 35.6 Å². The van der Waals surface area contributed by atoms with Gasteiger partial charge in [0.1, 0.15) is 6.54 Å². The van der Waals surface area contributed by atoms with Crippen molar-refractivity contribution < 1.29 is 9.59 Å². The van der Waals surface area contributed by atoms with Crippen LogP contribution in [0.2, 0.25) is 0 Å². The summed E-state index contributed by atoms with van der Waals surface area (Å²) in [4.78, 5) is 32.6. The Hall–Kier alpha value is -3.73. The van der Waals surface area contributed by atoms with Crippen LogP contribution in [0.3, 0.4) is 0 Å². The van der Waals surface area contributed by atoms with Crippen molar-refractivity contribution >= 4 is 34.6 Å². The largest absolute Gasteiger partial charge is 0.324 e. The van der Waals surface area contributed by atoms with E-state index in [9.17, 15) is 9.59 Å². The summed E-state index contributed by atoms with van der Waals surface area (Å²) in [5.41, 5.74) is 7.10. The molecule has 4 rings (SSSR count). The molecule has 3 aromatic rings. The van der Waals surface area contributed by atoms with E-state index in [-0.39, 0.29) is 24.8 Å². The fourth-order valence-corrected chi connectivity index (χ4v) is 4.09. The second-order valence-electron chi connectivity index (χ2n) is 8.08. The van der Waals surface area contributed by atoms with Gasteiger partial charge in [0.25, 0.3) is 0 Å².